The van der Waals surface area contributed by atoms with Gasteiger partial charge in [-0.3, -0.25) is 0 Å². The number of hydrogen-bond acceptors (Lipinski definition) is 3. The largest absolute Gasteiger partial charge is 0.381 e. The molecule has 0 amide bonds. The van der Waals surface area contributed by atoms with Crippen molar-refractivity contribution in [3.05, 3.63) is 29.6 Å². The molecule has 0 radical (unpaired) electrons. The van der Waals surface area contributed by atoms with Crippen LogP contribution in [0.25, 0.3) is 0 Å². The number of benzene rings is 1. The maximum absolute atomic E-state index is 13.5. The van der Waals surface area contributed by atoms with Crippen molar-refractivity contribution in [2.75, 3.05) is 44.8 Å². The first-order chi connectivity index (χ1) is 9.72. The molecule has 1 fully saturated rings. The van der Waals surface area contributed by atoms with E-state index in [0.717, 1.165) is 57.8 Å². The topological polar surface area (TPSA) is 24.5 Å². The van der Waals surface area contributed by atoms with Gasteiger partial charge in [-0.15, -0.1) is 0 Å². The van der Waals surface area contributed by atoms with Gasteiger partial charge in [0.05, 0.1) is 0 Å². The van der Waals surface area contributed by atoms with Gasteiger partial charge in [-0.2, -0.15) is 0 Å². The van der Waals surface area contributed by atoms with E-state index >= 15 is 0 Å². The molecule has 0 aliphatic carbocycles. The first-order valence-electron chi connectivity index (χ1n) is 7.48. The van der Waals surface area contributed by atoms with Crippen molar-refractivity contribution >= 4 is 5.69 Å². The summed E-state index contributed by atoms with van der Waals surface area (Å²) in [6.07, 6.45) is 3.19. The molecule has 3 nitrogen and oxygen atoms in total. The maximum Gasteiger partial charge on any atom is 0.125 e. The van der Waals surface area contributed by atoms with Crippen molar-refractivity contribution in [3.63, 3.8) is 0 Å². The SMILES string of the molecule is CNCC1(CN2CCc3ccc(F)cc32)CCOCC1. The van der Waals surface area contributed by atoms with Crippen LogP contribution in [0.3, 0.4) is 0 Å². The minimum Gasteiger partial charge on any atom is -0.381 e. The molecule has 2 aliphatic heterocycles. The lowest BCUT2D eigenvalue weighted by Crippen LogP contribution is -2.46. The van der Waals surface area contributed by atoms with Crippen molar-refractivity contribution in [2.24, 2.45) is 5.41 Å². The molecule has 2 heterocycles. The van der Waals surface area contributed by atoms with E-state index in [-0.39, 0.29) is 11.2 Å². The second-order valence-corrected chi connectivity index (χ2v) is 6.09. The Morgan fingerprint density at radius 1 is 1.35 bits per heavy atom. The van der Waals surface area contributed by atoms with Crippen LogP contribution in [0.4, 0.5) is 10.1 Å². The lowest BCUT2D eigenvalue weighted by atomic mass is 9.79. The lowest BCUT2D eigenvalue weighted by molar-refractivity contribution is 0.0194. The number of hydrogen-bond donors (Lipinski definition) is 1. The summed E-state index contributed by atoms with van der Waals surface area (Å²) in [7, 11) is 2.01. The predicted octanol–water partition coefficient (Wildman–Crippen LogP) is 2.20. The Morgan fingerprint density at radius 3 is 2.90 bits per heavy atom. The van der Waals surface area contributed by atoms with E-state index < -0.39 is 0 Å². The summed E-state index contributed by atoms with van der Waals surface area (Å²) in [5, 5.41) is 3.33. The average molecular weight is 278 g/mol. The number of ether oxygens (including phenoxy) is 1. The molecular weight excluding hydrogens is 255 g/mol. The predicted molar refractivity (Wildman–Crippen MR) is 78.7 cm³/mol. The van der Waals surface area contributed by atoms with Crippen LogP contribution >= 0.6 is 0 Å². The quantitative estimate of drug-likeness (QED) is 0.914. The highest BCUT2D eigenvalue weighted by atomic mass is 19.1. The Morgan fingerprint density at radius 2 is 2.15 bits per heavy atom. The summed E-state index contributed by atoms with van der Waals surface area (Å²) in [6.45, 7) is 4.67. The first kappa shape index (κ1) is 13.8. The molecule has 0 spiro atoms. The third-order valence-electron chi connectivity index (χ3n) is 4.67. The number of nitrogens with zero attached hydrogens (tertiary/aromatic N) is 1. The second kappa shape index (κ2) is 5.70. The highest BCUT2D eigenvalue weighted by Gasteiger charge is 2.35. The molecule has 1 saturated heterocycles. The molecule has 0 aromatic heterocycles. The monoisotopic (exact) mass is 278 g/mol. The van der Waals surface area contributed by atoms with E-state index in [1.54, 1.807) is 12.1 Å². The summed E-state index contributed by atoms with van der Waals surface area (Å²) in [4.78, 5) is 2.36. The average Bonchev–Trinajstić information content (AvgIpc) is 2.82. The van der Waals surface area contributed by atoms with Gasteiger partial charge >= 0.3 is 0 Å². The van der Waals surface area contributed by atoms with Crippen molar-refractivity contribution < 1.29 is 9.13 Å². The molecule has 4 heteroatoms. The highest BCUT2D eigenvalue weighted by Crippen LogP contribution is 2.36. The molecule has 0 unspecified atom stereocenters. The molecular formula is C16H23FN2O. The fraction of sp³-hybridized carbons (Fsp3) is 0.625. The van der Waals surface area contributed by atoms with E-state index in [0.29, 0.717) is 0 Å². The van der Waals surface area contributed by atoms with Crippen LogP contribution in [0.15, 0.2) is 18.2 Å². The summed E-state index contributed by atoms with van der Waals surface area (Å²) >= 11 is 0. The third-order valence-corrected chi connectivity index (χ3v) is 4.67. The Hall–Kier alpha value is -1.13. The molecule has 1 N–H and O–H groups in total. The molecule has 1 aromatic carbocycles. The minimum absolute atomic E-state index is 0.134. The molecule has 0 saturated carbocycles. The van der Waals surface area contributed by atoms with E-state index in [1.165, 1.54) is 5.56 Å². The fourth-order valence-electron chi connectivity index (χ4n) is 3.56. The zero-order valence-corrected chi connectivity index (χ0v) is 12.1. The van der Waals surface area contributed by atoms with Crippen molar-refractivity contribution in [1.82, 2.24) is 5.32 Å². The van der Waals surface area contributed by atoms with Gasteiger partial charge in [-0.05, 0) is 44.0 Å². The van der Waals surface area contributed by atoms with Gasteiger partial charge in [-0.25, -0.2) is 4.39 Å². The summed E-state index contributed by atoms with van der Waals surface area (Å²) < 4.78 is 19.0. The van der Waals surface area contributed by atoms with E-state index in [2.05, 4.69) is 10.2 Å². The van der Waals surface area contributed by atoms with Crippen LogP contribution in [0.2, 0.25) is 0 Å². The van der Waals surface area contributed by atoms with Gasteiger partial charge in [0.15, 0.2) is 0 Å². The van der Waals surface area contributed by atoms with Gasteiger partial charge in [-0.1, -0.05) is 6.07 Å². The van der Waals surface area contributed by atoms with Crippen molar-refractivity contribution in [3.8, 4) is 0 Å². The molecule has 0 bridgehead atoms. The molecule has 20 heavy (non-hydrogen) atoms. The molecule has 3 rings (SSSR count). The van der Waals surface area contributed by atoms with Crippen LogP contribution in [-0.4, -0.2) is 39.9 Å². The van der Waals surface area contributed by atoms with Crippen LogP contribution in [0.1, 0.15) is 18.4 Å². The van der Waals surface area contributed by atoms with Crippen LogP contribution in [-0.2, 0) is 11.2 Å². The number of nitrogens with one attached hydrogen (secondary N) is 1. The normalized spacial score (nSPS) is 21.0. The first-order valence-corrected chi connectivity index (χ1v) is 7.48. The Balaban J connectivity index is 1.79. The molecule has 0 atom stereocenters. The highest BCUT2D eigenvalue weighted by molar-refractivity contribution is 5.58. The number of anilines is 1. The van der Waals surface area contributed by atoms with Gasteiger partial charge in [0.25, 0.3) is 0 Å². The standard InChI is InChI=1S/C16H23FN2O/c1-18-11-16(5-8-20-9-6-16)12-19-7-4-13-2-3-14(17)10-15(13)19/h2-3,10,18H,4-9,11-12H2,1H3. The maximum atomic E-state index is 13.5. The summed E-state index contributed by atoms with van der Waals surface area (Å²) in [5.74, 6) is -0.134. The second-order valence-electron chi connectivity index (χ2n) is 6.09. The number of halogens is 1. The van der Waals surface area contributed by atoms with Gasteiger partial charge < -0.3 is 15.0 Å². The van der Waals surface area contributed by atoms with Gasteiger partial charge in [0, 0.05) is 44.0 Å². The Kier molecular flexibility index (Phi) is 3.94. The third kappa shape index (κ3) is 2.67. The molecule has 110 valence electrons. The molecule has 1 aromatic rings. The van der Waals surface area contributed by atoms with Crippen LogP contribution in [0, 0.1) is 11.2 Å². The van der Waals surface area contributed by atoms with Crippen molar-refractivity contribution in [2.45, 2.75) is 19.3 Å². The van der Waals surface area contributed by atoms with E-state index in [9.17, 15) is 4.39 Å². The number of fused-ring (bicyclic) bond motifs is 1. The Bertz CT molecular complexity index is 466. The van der Waals surface area contributed by atoms with Gasteiger partial charge in [0.2, 0.25) is 0 Å². The summed E-state index contributed by atoms with van der Waals surface area (Å²) in [6, 6.07) is 5.19. The summed E-state index contributed by atoms with van der Waals surface area (Å²) in [5.41, 5.74) is 2.62. The number of rotatable bonds is 4. The smallest absolute Gasteiger partial charge is 0.125 e. The minimum atomic E-state index is -0.134. The Labute approximate surface area is 120 Å². The zero-order valence-electron chi connectivity index (χ0n) is 12.1. The fourth-order valence-corrected chi connectivity index (χ4v) is 3.56. The lowest BCUT2D eigenvalue weighted by Gasteiger charge is -2.40. The van der Waals surface area contributed by atoms with Crippen molar-refractivity contribution in [1.29, 1.82) is 0 Å². The zero-order chi connectivity index (χ0) is 14.0. The van der Waals surface area contributed by atoms with Gasteiger partial charge in [0.1, 0.15) is 5.82 Å². The molecule has 2 aliphatic rings. The van der Waals surface area contributed by atoms with Crippen LogP contribution in [0.5, 0.6) is 0 Å². The van der Waals surface area contributed by atoms with Crippen LogP contribution < -0.4 is 10.2 Å². The van der Waals surface area contributed by atoms with E-state index in [4.69, 9.17) is 4.74 Å². The van der Waals surface area contributed by atoms with E-state index in [1.807, 2.05) is 13.1 Å².